The second kappa shape index (κ2) is 18.2. The maximum absolute atomic E-state index is 12.1. The molecule has 228 valence electrons. The van der Waals surface area contributed by atoms with E-state index in [9.17, 15) is 4.39 Å². The first kappa shape index (κ1) is 33.1. The smallest absolute Gasteiger partial charge is 0.124 e. The van der Waals surface area contributed by atoms with Crippen LogP contribution in [0.5, 0.6) is 0 Å². The topological polar surface area (TPSA) is 46.1 Å². The molecule has 41 heavy (non-hydrogen) atoms. The largest absolute Gasteiger partial charge is 0.488 e. The zero-order valence-corrected chi connectivity index (χ0v) is 26.2. The zero-order valence-electron chi connectivity index (χ0n) is 26.2. The first-order chi connectivity index (χ1) is 20.1. The number of hydrogen-bond donors (Lipinski definition) is 1. The Kier molecular flexibility index (Phi) is 14.7. The van der Waals surface area contributed by atoms with Crippen molar-refractivity contribution in [1.29, 1.82) is 0 Å². The van der Waals surface area contributed by atoms with E-state index in [4.69, 9.17) is 14.5 Å². The molecular weight excluding hydrogens is 513 g/mol. The van der Waals surface area contributed by atoms with Crippen molar-refractivity contribution in [1.82, 2.24) is 10.2 Å². The highest BCUT2D eigenvalue weighted by Gasteiger charge is 2.31. The molecule has 0 radical (unpaired) electrons. The van der Waals surface area contributed by atoms with E-state index in [2.05, 4.69) is 79.7 Å². The van der Waals surface area contributed by atoms with Gasteiger partial charge in [0.15, 0.2) is 0 Å². The number of nitrogens with one attached hydrogen (secondary N) is 1. The standard InChI is InChI=1S/C28H38N2O2.C5H10FN.C2H6/c1-4-8-22-10-7-11-27(21-12-13-21)28(22)29-19-23(6-3)30-16-14-25(18-24(30)9-5-2)32-26-15-17-31-20-26;6-5-2-1-3-7-4-5;1-2/h7-11,14,16,18,21,23,26H,4-6,12-13,15,17,19-20H2,1-3H3;5,7H,1-4H2;1-2H3/b22-8-,24-9-,29-28?;;. The Labute approximate surface area is 249 Å². The number of rotatable bonds is 9. The molecule has 3 unspecified atom stereocenters. The number of aliphatic imine (C=N–C) groups is 1. The summed E-state index contributed by atoms with van der Waals surface area (Å²) in [4.78, 5) is 7.61. The lowest BCUT2D eigenvalue weighted by Crippen LogP contribution is -2.34. The molecule has 0 aromatic rings. The fraction of sp³-hybridized carbons (Fsp3) is 0.629. The minimum atomic E-state index is -0.575. The molecule has 3 heterocycles. The molecule has 2 aliphatic carbocycles. The van der Waals surface area contributed by atoms with Gasteiger partial charge >= 0.3 is 0 Å². The third-order valence-electron chi connectivity index (χ3n) is 7.69. The van der Waals surface area contributed by atoms with Gasteiger partial charge in [0.05, 0.1) is 31.5 Å². The second-order valence-electron chi connectivity index (χ2n) is 10.9. The molecule has 5 aliphatic rings. The molecule has 0 bridgehead atoms. The molecule has 5 rings (SSSR count). The predicted molar refractivity (Wildman–Crippen MR) is 171 cm³/mol. The number of allylic oxidation sites excluding steroid dienone is 9. The van der Waals surface area contributed by atoms with Crippen LogP contribution >= 0.6 is 0 Å². The first-order valence-electron chi connectivity index (χ1n) is 16.2. The van der Waals surface area contributed by atoms with Crippen LogP contribution in [0.25, 0.3) is 0 Å². The summed E-state index contributed by atoms with van der Waals surface area (Å²) < 4.78 is 23.8. The minimum Gasteiger partial charge on any atom is -0.488 e. The molecule has 2 saturated heterocycles. The lowest BCUT2D eigenvalue weighted by molar-refractivity contribution is 0.0965. The monoisotopic (exact) mass is 567 g/mol. The summed E-state index contributed by atoms with van der Waals surface area (Å²) in [6.07, 6.45) is 25.7. The Morgan fingerprint density at radius 2 is 1.93 bits per heavy atom. The number of nitrogens with zero attached hydrogens (tertiary/aromatic N) is 2. The average molecular weight is 568 g/mol. The lowest BCUT2D eigenvalue weighted by Gasteiger charge is -2.33. The van der Waals surface area contributed by atoms with Gasteiger partial charge in [0, 0.05) is 30.9 Å². The molecule has 3 fully saturated rings. The molecule has 1 N–H and O–H groups in total. The van der Waals surface area contributed by atoms with Crippen molar-refractivity contribution in [3.63, 3.8) is 0 Å². The summed E-state index contributed by atoms with van der Waals surface area (Å²) in [7, 11) is 0. The van der Waals surface area contributed by atoms with Gasteiger partial charge in [-0.15, -0.1) is 0 Å². The zero-order chi connectivity index (χ0) is 29.5. The predicted octanol–water partition coefficient (Wildman–Crippen LogP) is 8.00. The summed E-state index contributed by atoms with van der Waals surface area (Å²) in [6, 6.07) is 0.318. The molecule has 0 aromatic heterocycles. The first-order valence-corrected chi connectivity index (χ1v) is 16.2. The van der Waals surface area contributed by atoms with Gasteiger partial charge in [-0.3, -0.25) is 4.99 Å². The molecule has 0 amide bonds. The molecule has 5 nitrogen and oxygen atoms in total. The van der Waals surface area contributed by atoms with Crippen molar-refractivity contribution in [3.8, 4) is 0 Å². The Bertz CT molecular complexity index is 1010. The van der Waals surface area contributed by atoms with Gasteiger partial charge in [0.1, 0.15) is 18.0 Å². The van der Waals surface area contributed by atoms with Gasteiger partial charge in [-0.25, -0.2) is 4.39 Å². The molecule has 3 atom stereocenters. The minimum absolute atomic E-state index is 0.171. The van der Waals surface area contributed by atoms with E-state index in [1.54, 1.807) is 0 Å². The van der Waals surface area contributed by atoms with E-state index in [0.717, 1.165) is 64.0 Å². The van der Waals surface area contributed by atoms with E-state index in [1.165, 1.54) is 35.4 Å². The summed E-state index contributed by atoms with van der Waals surface area (Å²) in [5.41, 5.74) is 5.16. The van der Waals surface area contributed by atoms with Crippen LogP contribution in [-0.2, 0) is 9.47 Å². The number of halogens is 1. The average Bonchev–Trinajstić information content (AvgIpc) is 3.72. The van der Waals surface area contributed by atoms with Gasteiger partial charge in [0.25, 0.3) is 0 Å². The van der Waals surface area contributed by atoms with Gasteiger partial charge < -0.3 is 19.7 Å². The van der Waals surface area contributed by atoms with Crippen LogP contribution in [0.1, 0.15) is 86.0 Å². The van der Waals surface area contributed by atoms with E-state index >= 15 is 0 Å². The van der Waals surface area contributed by atoms with Crippen LogP contribution < -0.4 is 5.32 Å². The molecular formula is C35H54FN3O2. The quantitative estimate of drug-likeness (QED) is 0.307. The molecule has 3 aliphatic heterocycles. The summed E-state index contributed by atoms with van der Waals surface area (Å²) in [6.45, 7) is 14.5. The Hall–Kier alpha value is -2.44. The number of ether oxygens (including phenoxy) is 2. The van der Waals surface area contributed by atoms with Crippen LogP contribution in [0.2, 0.25) is 0 Å². The van der Waals surface area contributed by atoms with Crippen molar-refractivity contribution >= 4 is 5.71 Å². The van der Waals surface area contributed by atoms with Gasteiger partial charge in [-0.1, -0.05) is 65.0 Å². The third-order valence-corrected chi connectivity index (χ3v) is 7.69. The summed E-state index contributed by atoms with van der Waals surface area (Å²) in [5, 5.41) is 2.96. The van der Waals surface area contributed by atoms with Crippen molar-refractivity contribution < 1.29 is 13.9 Å². The normalized spacial score (nSPS) is 27.6. The number of alkyl halides is 1. The highest BCUT2D eigenvalue weighted by Crippen LogP contribution is 2.40. The Morgan fingerprint density at radius 3 is 2.51 bits per heavy atom. The maximum atomic E-state index is 12.1. The van der Waals surface area contributed by atoms with Crippen LogP contribution in [0, 0.1) is 5.92 Å². The highest BCUT2D eigenvalue weighted by molar-refractivity contribution is 6.15. The molecule has 0 spiro atoms. The fourth-order valence-corrected chi connectivity index (χ4v) is 5.38. The number of hydrogen-bond acceptors (Lipinski definition) is 5. The van der Waals surface area contributed by atoms with E-state index in [-0.39, 0.29) is 6.10 Å². The van der Waals surface area contributed by atoms with Crippen LogP contribution in [0.4, 0.5) is 4.39 Å². The fourth-order valence-electron chi connectivity index (χ4n) is 5.38. The molecule has 6 heteroatoms. The Morgan fingerprint density at radius 1 is 1.12 bits per heavy atom. The molecule has 1 saturated carbocycles. The third kappa shape index (κ3) is 10.4. The van der Waals surface area contributed by atoms with Crippen LogP contribution in [0.3, 0.4) is 0 Å². The summed E-state index contributed by atoms with van der Waals surface area (Å²) in [5.74, 6) is 1.63. The lowest BCUT2D eigenvalue weighted by atomic mass is 9.93. The van der Waals surface area contributed by atoms with Crippen molar-refractivity contribution in [2.45, 2.75) is 104 Å². The van der Waals surface area contributed by atoms with Gasteiger partial charge in [-0.2, -0.15) is 0 Å². The SMILES string of the molecule is CC.CC/C=C1/C=CC=C(C2CC2)C1=NCC(CC)N1C=CC(OC2CCOC2)=C/C1=C/CC.FC1CCCNC1. The number of piperidine rings is 1. The van der Waals surface area contributed by atoms with E-state index in [0.29, 0.717) is 25.1 Å². The highest BCUT2D eigenvalue weighted by atomic mass is 19.1. The maximum Gasteiger partial charge on any atom is 0.124 e. The Balaban J connectivity index is 0.000000443. The van der Waals surface area contributed by atoms with Gasteiger partial charge in [0.2, 0.25) is 0 Å². The van der Waals surface area contributed by atoms with Crippen molar-refractivity contribution in [2.24, 2.45) is 10.9 Å². The van der Waals surface area contributed by atoms with E-state index < -0.39 is 6.17 Å². The second-order valence-corrected chi connectivity index (χ2v) is 10.9. The van der Waals surface area contributed by atoms with Crippen LogP contribution in [-0.4, -0.2) is 61.8 Å². The van der Waals surface area contributed by atoms with Crippen LogP contribution in [0.15, 0.2) is 76.3 Å². The van der Waals surface area contributed by atoms with Crippen molar-refractivity contribution in [3.05, 3.63) is 71.3 Å². The van der Waals surface area contributed by atoms with Crippen molar-refractivity contribution in [2.75, 3.05) is 32.8 Å². The van der Waals surface area contributed by atoms with E-state index in [1.807, 2.05) is 13.8 Å². The summed E-state index contributed by atoms with van der Waals surface area (Å²) >= 11 is 0. The molecule has 0 aromatic carbocycles. The van der Waals surface area contributed by atoms with Gasteiger partial charge in [-0.05, 0) is 74.6 Å².